The zero-order valence-corrected chi connectivity index (χ0v) is 12.2. The van der Waals surface area contributed by atoms with E-state index in [1.807, 2.05) is 13.8 Å². The Labute approximate surface area is 115 Å². The van der Waals surface area contributed by atoms with Gasteiger partial charge in [0, 0.05) is 23.1 Å². The molecule has 1 aromatic heterocycles. The first kappa shape index (κ1) is 13.4. The number of methoxy groups -OCH3 is 1. The van der Waals surface area contributed by atoms with Gasteiger partial charge in [-0.25, -0.2) is 4.79 Å². The average Bonchev–Trinajstić information content (AvgIpc) is 2.79. The number of hydrogen-bond donors (Lipinski definition) is 1. The van der Waals surface area contributed by atoms with E-state index in [0.717, 1.165) is 10.4 Å². The van der Waals surface area contributed by atoms with E-state index in [2.05, 4.69) is 12.6 Å². The molecule has 2 heterocycles. The number of anilines is 1. The van der Waals surface area contributed by atoms with E-state index in [9.17, 15) is 9.59 Å². The molecule has 0 aliphatic carbocycles. The molecule has 1 amide bonds. The smallest absolute Gasteiger partial charge is 0.341 e. The highest BCUT2D eigenvalue weighted by Gasteiger charge is 2.33. The molecule has 1 saturated heterocycles. The maximum Gasteiger partial charge on any atom is 0.341 e. The topological polar surface area (TPSA) is 46.6 Å². The van der Waals surface area contributed by atoms with Crippen LogP contribution in [0.4, 0.5) is 5.00 Å². The van der Waals surface area contributed by atoms with Gasteiger partial charge in [0.15, 0.2) is 0 Å². The van der Waals surface area contributed by atoms with Gasteiger partial charge in [-0.05, 0) is 19.4 Å². The zero-order valence-electron chi connectivity index (χ0n) is 10.5. The Bertz CT molecular complexity index is 510. The first-order chi connectivity index (χ1) is 8.45. The Morgan fingerprint density at radius 1 is 1.50 bits per heavy atom. The van der Waals surface area contributed by atoms with Crippen LogP contribution in [0.5, 0.6) is 0 Å². The van der Waals surface area contributed by atoms with Gasteiger partial charge >= 0.3 is 5.97 Å². The van der Waals surface area contributed by atoms with Crippen molar-refractivity contribution in [2.24, 2.45) is 0 Å². The summed E-state index contributed by atoms with van der Waals surface area (Å²) in [6, 6.07) is 0. The summed E-state index contributed by atoms with van der Waals surface area (Å²) in [6.07, 6.45) is 0.416. The lowest BCUT2D eigenvalue weighted by Crippen LogP contribution is -2.25. The van der Waals surface area contributed by atoms with Gasteiger partial charge < -0.3 is 9.64 Å². The lowest BCUT2D eigenvalue weighted by atomic mass is 10.1. The van der Waals surface area contributed by atoms with Gasteiger partial charge in [-0.15, -0.1) is 11.3 Å². The molecule has 1 unspecified atom stereocenters. The van der Waals surface area contributed by atoms with Crippen molar-refractivity contribution in [3.8, 4) is 0 Å². The number of nitrogens with zero attached hydrogens (tertiary/aromatic N) is 1. The van der Waals surface area contributed by atoms with Crippen molar-refractivity contribution in [3.63, 3.8) is 0 Å². The molecule has 4 nitrogen and oxygen atoms in total. The lowest BCUT2D eigenvalue weighted by Gasteiger charge is -2.15. The minimum Gasteiger partial charge on any atom is -0.465 e. The third-order valence-corrected chi connectivity index (χ3v) is 4.68. The number of carbonyl (C=O) groups excluding carboxylic acids is 2. The fourth-order valence-electron chi connectivity index (χ4n) is 2.03. The number of esters is 1. The Morgan fingerprint density at radius 2 is 2.17 bits per heavy atom. The van der Waals surface area contributed by atoms with E-state index in [1.54, 1.807) is 4.90 Å². The molecule has 1 aliphatic rings. The molecule has 1 aliphatic heterocycles. The van der Waals surface area contributed by atoms with Gasteiger partial charge in [0.05, 0.1) is 12.7 Å². The van der Waals surface area contributed by atoms with E-state index in [-0.39, 0.29) is 17.1 Å². The van der Waals surface area contributed by atoms with E-state index in [4.69, 9.17) is 4.74 Å². The molecule has 0 saturated carbocycles. The highest BCUT2D eigenvalue weighted by molar-refractivity contribution is 7.81. The molecular formula is C12H15NO3S2. The number of hydrogen-bond acceptors (Lipinski definition) is 5. The molecule has 0 bridgehead atoms. The molecule has 0 N–H and O–H groups in total. The predicted octanol–water partition coefficient (Wildman–Crippen LogP) is 2.19. The normalized spacial score (nSPS) is 19.4. The molecule has 6 heteroatoms. The highest BCUT2D eigenvalue weighted by atomic mass is 32.1. The van der Waals surface area contributed by atoms with Crippen LogP contribution in [0.1, 0.15) is 27.2 Å². The summed E-state index contributed by atoms with van der Waals surface area (Å²) < 4.78 is 4.80. The van der Waals surface area contributed by atoms with Crippen LogP contribution in [0.2, 0.25) is 0 Å². The molecule has 0 spiro atoms. The third kappa shape index (κ3) is 2.14. The maximum absolute atomic E-state index is 11.9. The Kier molecular flexibility index (Phi) is 3.68. The van der Waals surface area contributed by atoms with Crippen LogP contribution in [0.15, 0.2) is 0 Å². The fourth-order valence-corrected chi connectivity index (χ4v) is 3.52. The largest absolute Gasteiger partial charge is 0.465 e. The fraction of sp³-hybridized carbons (Fsp3) is 0.500. The number of aryl methyl sites for hydroxylation is 1. The van der Waals surface area contributed by atoms with Crippen LogP contribution < -0.4 is 4.90 Å². The monoisotopic (exact) mass is 285 g/mol. The first-order valence-electron chi connectivity index (χ1n) is 5.62. The molecule has 1 atom stereocenters. The van der Waals surface area contributed by atoms with Crippen LogP contribution in [0.25, 0.3) is 0 Å². The van der Waals surface area contributed by atoms with Gasteiger partial charge in [-0.2, -0.15) is 12.6 Å². The maximum atomic E-state index is 11.9. The second kappa shape index (κ2) is 4.93. The molecule has 1 fully saturated rings. The predicted molar refractivity (Wildman–Crippen MR) is 74.9 cm³/mol. The van der Waals surface area contributed by atoms with E-state index < -0.39 is 0 Å². The van der Waals surface area contributed by atoms with Crippen LogP contribution in [-0.4, -0.2) is 30.8 Å². The third-order valence-electron chi connectivity index (χ3n) is 3.11. The quantitative estimate of drug-likeness (QED) is 0.669. The lowest BCUT2D eigenvalue weighted by molar-refractivity contribution is -0.116. The van der Waals surface area contributed by atoms with Crippen molar-refractivity contribution >= 4 is 40.8 Å². The van der Waals surface area contributed by atoms with Crippen LogP contribution >= 0.6 is 24.0 Å². The van der Waals surface area contributed by atoms with Crippen molar-refractivity contribution < 1.29 is 14.3 Å². The molecule has 18 heavy (non-hydrogen) atoms. The number of amides is 1. The summed E-state index contributed by atoms with van der Waals surface area (Å²) in [7, 11) is 1.35. The summed E-state index contributed by atoms with van der Waals surface area (Å²) >= 11 is 5.79. The summed E-state index contributed by atoms with van der Waals surface area (Å²) in [5.41, 5.74) is 1.40. The van der Waals surface area contributed by atoms with E-state index in [0.29, 0.717) is 23.5 Å². The van der Waals surface area contributed by atoms with E-state index >= 15 is 0 Å². The Balaban J connectivity index is 2.48. The zero-order chi connectivity index (χ0) is 13.4. The minimum atomic E-state index is -0.387. The Morgan fingerprint density at radius 3 is 2.67 bits per heavy atom. The molecule has 0 aromatic carbocycles. The summed E-state index contributed by atoms with van der Waals surface area (Å²) in [5.74, 6) is -0.372. The number of ether oxygens (including phenoxy) is 1. The van der Waals surface area contributed by atoms with Crippen molar-refractivity contribution in [1.29, 1.82) is 0 Å². The van der Waals surface area contributed by atoms with Gasteiger partial charge in [0.25, 0.3) is 0 Å². The molecule has 1 aromatic rings. The SMILES string of the molecule is COC(=O)c1c(N2CC(S)CC2=O)sc(C)c1C. The van der Waals surface area contributed by atoms with Crippen LogP contribution in [-0.2, 0) is 9.53 Å². The van der Waals surface area contributed by atoms with Gasteiger partial charge in [0.2, 0.25) is 5.91 Å². The van der Waals surface area contributed by atoms with Crippen LogP contribution in [0.3, 0.4) is 0 Å². The number of thiophene rings is 1. The molecule has 98 valence electrons. The summed E-state index contributed by atoms with van der Waals surface area (Å²) in [4.78, 5) is 26.4. The Hall–Kier alpha value is -1.01. The van der Waals surface area contributed by atoms with Crippen molar-refractivity contribution in [2.75, 3.05) is 18.6 Å². The van der Waals surface area contributed by atoms with Gasteiger partial charge in [-0.1, -0.05) is 0 Å². The van der Waals surface area contributed by atoms with E-state index in [1.165, 1.54) is 18.4 Å². The van der Waals surface area contributed by atoms with Gasteiger partial charge in [0.1, 0.15) is 5.00 Å². The minimum absolute atomic E-state index is 0.0152. The standard InChI is InChI=1S/C12H15NO3S2/c1-6-7(2)18-11(10(6)12(15)16-3)13-5-8(17)4-9(13)14/h8,17H,4-5H2,1-3H3. The molecule has 2 rings (SSSR count). The number of thiol groups is 1. The van der Waals surface area contributed by atoms with Crippen molar-refractivity contribution in [1.82, 2.24) is 0 Å². The van der Waals surface area contributed by atoms with Crippen LogP contribution in [0, 0.1) is 13.8 Å². The highest BCUT2D eigenvalue weighted by Crippen LogP contribution is 2.38. The number of rotatable bonds is 2. The second-order valence-electron chi connectivity index (χ2n) is 4.32. The summed E-state index contributed by atoms with van der Waals surface area (Å²) in [5, 5.41) is 0.726. The van der Waals surface area contributed by atoms with Gasteiger partial charge in [-0.3, -0.25) is 4.79 Å². The second-order valence-corrected chi connectivity index (χ2v) is 6.25. The summed E-state index contributed by atoms with van der Waals surface area (Å²) in [6.45, 7) is 4.36. The molecule has 0 radical (unpaired) electrons. The number of carbonyl (C=O) groups is 2. The first-order valence-corrected chi connectivity index (χ1v) is 6.95. The molecular weight excluding hydrogens is 270 g/mol. The van der Waals surface area contributed by atoms with Crippen molar-refractivity contribution in [2.45, 2.75) is 25.5 Å². The van der Waals surface area contributed by atoms with Crippen molar-refractivity contribution in [3.05, 3.63) is 16.0 Å². The average molecular weight is 285 g/mol.